The molecule has 1 N–H and O–H groups in total. The zero-order chi connectivity index (χ0) is 12.4. The van der Waals surface area contributed by atoms with Crippen LogP contribution in [0.5, 0.6) is 0 Å². The maximum Gasteiger partial charge on any atom is 0.392 e. The van der Waals surface area contributed by atoms with Gasteiger partial charge in [-0.25, -0.2) is 0 Å². The zero-order valence-corrected chi connectivity index (χ0v) is 9.87. The van der Waals surface area contributed by atoms with E-state index in [1.807, 2.05) is 0 Å². The first-order valence-electron chi connectivity index (χ1n) is 5.98. The Labute approximate surface area is 99.4 Å². The second-order valence-electron chi connectivity index (χ2n) is 4.65. The molecular formula is C11H17N3O3. The van der Waals surface area contributed by atoms with Crippen LogP contribution in [0.3, 0.4) is 0 Å². The van der Waals surface area contributed by atoms with E-state index in [-0.39, 0.29) is 11.9 Å². The van der Waals surface area contributed by atoms with Gasteiger partial charge in [-0.1, -0.05) is 19.3 Å². The van der Waals surface area contributed by atoms with Gasteiger partial charge in [0.15, 0.2) is 0 Å². The minimum absolute atomic E-state index is 0.110. The molecular weight excluding hydrogens is 222 g/mol. The molecule has 0 saturated heterocycles. The zero-order valence-electron chi connectivity index (χ0n) is 9.87. The smallest absolute Gasteiger partial charge is 0.391 e. The van der Waals surface area contributed by atoms with Crippen molar-refractivity contribution in [1.82, 2.24) is 9.78 Å². The van der Waals surface area contributed by atoms with Gasteiger partial charge < -0.3 is 15.2 Å². The minimum Gasteiger partial charge on any atom is -0.391 e. The Morgan fingerprint density at radius 3 is 2.82 bits per heavy atom. The third kappa shape index (κ3) is 2.46. The van der Waals surface area contributed by atoms with E-state index in [4.69, 9.17) is 0 Å². The second-order valence-corrected chi connectivity index (χ2v) is 4.65. The predicted molar refractivity (Wildman–Crippen MR) is 61.7 cm³/mol. The lowest BCUT2D eigenvalue weighted by molar-refractivity contribution is -0.390. The van der Waals surface area contributed by atoms with Crippen LogP contribution in [0.4, 0.5) is 5.82 Å². The summed E-state index contributed by atoms with van der Waals surface area (Å²) in [5.74, 6) is -0.110. The number of aryl methyl sites for hydroxylation is 1. The average Bonchev–Trinajstić information content (AvgIpc) is 2.51. The third-order valence-electron chi connectivity index (χ3n) is 3.35. The Bertz CT molecular complexity index is 416. The van der Waals surface area contributed by atoms with Crippen LogP contribution in [0, 0.1) is 17.0 Å². The summed E-state index contributed by atoms with van der Waals surface area (Å²) < 4.78 is 1.57. The first kappa shape index (κ1) is 12.0. The highest BCUT2D eigenvalue weighted by molar-refractivity contribution is 5.28. The van der Waals surface area contributed by atoms with Gasteiger partial charge in [-0.2, -0.15) is 4.68 Å². The number of aliphatic hydroxyl groups excluding tert-OH is 1. The highest BCUT2D eigenvalue weighted by atomic mass is 16.6. The number of hydrogen-bond donors (Lipinski definition) is 1. The molecule has 0 aromatic carbocycles. The summed E-state index contributed by atoms with van der Waals surface area (Å²) in [6, 6.07) is -0.120. The number of nitro groups is 1. The maximum absolute atomic E-state index is 10.7. The Balaban J connectivity index is 2.26. The Hall–Kier alpha value is -1.43. The van der Waals surface area contributed by atoms with Gasteiger partial charge in [0.1, 0.15) is 0 Å². The molecule has 1 heterocycles. The Morgan fingerprint density at radius 1 is 1.47 bits per heavy atom. The van der Waals surface area contributed by atoms with Crippen molar-refractivity contribution in [2.75, 3.05) is 0 Å². The largest absolute Gasteiger partial charge is 0.392 e. The third-order valence-corrected chi connectivity index (χ3v) is 3.35. The minimum atomic E-state index is -0.477. The number of aliphatic hydroxyl groups is 1. The van der Waals surface area contributed by atoms with Gasteiger partial charge in [0.05, 0.1) is 29.0 Å². The molecule has 1 aliphatic carbocycles. The summed E-state index contributed by atoms with van der Waals surface area (Å²) >= 11 is 0. The van der Waals surface area contributed by atoms with Crippen molar-refractivity contribution in [3.63, 3.8) is 0 Å². The molecule has 94 valence electrons. The predicted octanol–water partition coefficient (Wildman–Crippen LogP) is 1.97. The van der Waals surface area contributed by atoms with Crippen LogP contribution < -0.4 is 0 Å². The summed E-state index contributed by atoms with van der Waals surface area (Å²) in [5.41, 5.74) is 0.548. The van der Waals surface area contributed by atoms with Gasteiger partial charge in [-0.15, -0.1) is 0 Å². The first-order chi connectivity index (χ1) is 8.09. The van der Waals surface area contributed by atoms with Crippen molar-refractivity contribution in [2.24, 2.45) is 0 Å². The molecule has 6 heteroatoms. The van der Waals surface area contributed by atoms with Crippen molar-refractivity contribution in [1.29, 1.82) is 0 Å². The molecule has 2 atom stereocenters. The van der Waals surface area contributed by atoms with Crippen LogP contribution in [0.2, 0.25) is 0 Å². The summed E-state index contributed by atoms with van der Waals surface area (Å²) in [5, 5.41) is 24.7. The van der Waals surface area contributed by atoms with E-state index in [1.165, 1.54) is 0 Å². The lowest BCUT2D eigenvalue weighted by Gasteiger charge is -2.17. The molecule has 0 radical (unpaired) electrons. The summed E-state index contributed by atoms with van der Waals surface area (Å²) in [4.78, 5) is 10.3. The fourth-order valence-electron chi connectivity index (χ4n) is 2.40. The van der Waals surface area contributed by atoms with E-state index in [2.05, 4.69) is 5.10 Å². The quantitative estimate of drug-likeness (QED) is 0.486. The van der Waals surface area contributed by atoms with Crippen LogP contribution in [-0.2, 0) is 0 Å². The van der Waals surface area contributed by atoms with Gasteiger partial charge >= 0.3 is 5.82 Å². The standard InChI is InChI=1S/C11H17N3O3/c1-8-7-13(12-11(8)14(16)17)9-5-3-2-4-6-10(9)15/h7,9-10,15H,2-6H2,1H3. The van der Waals surface area contributed by atoms with E-state index in [0.29, 0.717) is 5.56 Å². The van der Waals surface area contributed by atoms with Crippen molar-refractivity contribution in [3.05, 3.63) is 21.9 Å². The molecule has 17 heavy (non-hydrogen) atoms. The second kappa shape index (κ2) is 4.83. The van der Waals surface area contributed by atoms with Crippen LogP contribution in [0.25, 0.3) is 0 Å². The van der Waals surface area contributed by atoms with Crippen LogP contribution >= 0.6 is 0 Å². The van der Waals surface area contributed by atoms with Gasteiger partial charge in [0, 0.05) is 0 Å². The molecule has 0 aliphatic heterocycles. The molecule has 6 nitrogen and oxygen atoms in total. The molecule has 1 saturated carbocycles. The van der Waals surface area contributed by atoms with Crippen LogP contribution in [-0.4, -0.2) is 25.9 Å². The number of nitrogens with zero attached hydrogens (tertiary/aromatic N) is 3. The summed E-state index contributed by atoms with van der Waals surface area (Å²) in [6.45, 7) is 1.67. The molecule has 2 rings (SSSR count). The van der Waals surface area contributed by atoms with E-state index in [0.717, 1.165) is 32.1 Å². The molecule has 1 aromatic heterocycles. The molecule has 0 spiro atoms. The number of rotatable bonds is 2. The lowest BCUT2D eigenvalue weighted by Crippen LogP contribution is -2.23. The molecule has 0 amide bonds. The van der Waals surface area contributed by atoms with Gasteiger partial charge in [0.25, 0.3) is 0 Å². The van der Waals surface area contributed by atoms with Crippen LogP contribution in [0.15, 0.2) is 6.20 Å². The van der Waals surface area contributed by atoms with Gasteiger partial charge in [-0.3, -0.25) is 0 Å². The fraction of sp³-hybridized carbons (Fsp3) is 0.727. The average molecular weight is 239 g/mol. The molecule has 1 fully saturated rings. The Morgan fingerprint density at radius 2 is 2.18 bits per heavy atom. The van der Waals surface area contributed by atoms with Gasteiger partial charge in [0.2, 0.25) is 0 Å². The topological polar surface area (TPSA) is 81.2 Å². The summed E-state index contributed by atoms with van der Waals surface area (Å²) in [7, 11) is 0. The van der Waals surface area contributed by atoms with Crippen molar-refractivity contribution < 1.29 is 10.0 Å². The van der Waals surface area contributed by atoms with Crippen molar-refractivity contribution in [3.8, 4) is 0 Å². The SMILES string of the molecule is Cc1cn(C2CCCCCC2O)nc1[N+](=O)[O-]. The van der Waals surface area contributed by atoms with Crippen LogP contribution in [0.1, 0.15) is 43.7 Å². The number of hydrogen-bond acceptors (Lipinski definition) is 4. The lowest BCUT2D eigenvalue weighted by atomic mass is 10.1. The number of aromatic nitrogens is 2. The molecule has 0 bridgehead atoms. The summed E-state index contributed by atoms with van der Waals surface area (Å²) in [6.07, 6.45) is 5.95. The first-order valence-corrected chi connectivity index (χ1v) is 5.98. The monoisotopic (exact) mass is 239 g/mol. The van der Waals surface area contributed by atoms with E-state index in [9.17, 15) is 15.2 Å². The molecule has 1 aliphatic rings. The maximum atomic E-state index is 10.7. The molecule has 1 aromatic rings. The van der Waals surface area contributed by atoms with Crippen molar-refractivity contribution >= 4 is 5.82 Å². The van der Waals surface area contributed by atoms with E-state index in [1.54, 1.807) is 17.8 Å². The van der Waals surface area contributed by atoms with E-state index >= 15 is 0 Å². The van der Waals surface area contributed by atoms with E-state index < -0.39 is 11.0 Å². The fourth-order valence-corrected chi connectivity index (χ4v) is 2.40. The highest BCUT2D eigenvalue weighted by Gasteiger charge is 2.28. The van der Waals surface area contributed by atoms with Crippen molar-refractivity contribution in [2.45, 2.75) is 51.2 Å². The van der Waals surface area contributed by atoms with Gasteiger partial charge in [-0.05, 0) is 24.7 Å². The normalized spacial score (nSPS) is 25.5. The highest BCUT2D eigenvalue weighted by Crippen LogP contribution is 2.29. The molecule has 2 unspecified atom stereocenters. The Kier molecular flexibility index (Phi) is 3.42.